The highest BCUT2D eigenvalue weighted by Crippen LogP contribution is 2.44. The molecule has 186 valence electrons. The van der Waals surface area contributed by atoms with Gasteiger partial charge in [-0.2, -0.15) is 0 Å². The molecule has 3 N–H and O–H groups in total. The van der Waals surface area contributed by atoms with Crippen LogP contribution in [0.15, 0.2) is 48.5 Å². The normalized spacial score (nSPS) is 19.5. The minimum atomic E-state index is -0.910. The quantitative estimate of drug-likeness (QED) is 0.453. The lowest BCUT2D eigenvalue weighted by molar-refractivity contribution is -0.137. The lowest BCUT2D eigenvalue weighted by Crippen LogP contribution is -2.40. The first kappa shape index (κ1) is 24.8. The van der Waals surface area contributed by atoms with Crippen molar-refractivity contribution in [2.45, 2.75) is 69.9 Å². The lowest BCUT2D eigenvalue weighted by Gasteiger charge is -2.20. The van der Waals surface area contributed by atoms with E-state index < -0.39 is 12.1 Å². The summed E-state index contributed by atoms with van der Waals surface area (Å²) in [6.07, 6.45) is 3.82. The van der Waals surface area contributed by atoms with E-state index in [0.29, 0.717) is 25.7 Å². The summed E-state index contributed by atoms with van der Waals surface area (Å²) < 4.78 is 5.63. The van der Waals surface area contributed by atoms with E-state index in [9.17, 15) is 14.4 Å². The Kier molecular flexibility index (Phi) is 8.06. The zero-order valence-electron chi connectivity index (χ0n) is 20.2. The van der Waals surface area contributed by atoms with Crippen molar-refractivity contribution >= 4 is 18.0 Å². The summed E-state index contributed by atoms with van der Waals surface area (Å²) in [5, 5.41) is 15.0. The number of amides is 2. The number of ether oxygens (including phenoxy) is 1. The SMILES string of the molecule is CCCC[C@@H](CC(=O)O)NC(=O)C1CCC(NC(=O)OCC2c3ccccc3-c3ccccc32)C1. The number of alkyl carbamates (subject to hydrolysis) is 1. The number of fused-ring (bicyclic) bond motifs is 3. The van der Waals surface area contributed by atoms with Gasteiger partial charge < -0.3 is 20.5 Å². The van der Waals surface area contributed by atoms with Crippen molar-refractivity contribution < 1.29 is 24.2 Å². The smallest absolute Gasteiger partial charge is 0.407 e. The Bertz CT molecular complexity index is 1020. The molecule has 1 saturated carbocycles. The van der Waals surface area contributed by atoms with E-state index in [0.717, 1.165) is 24.0 Å². The molecule has 0 bridgehead atoms. The van der Waals surface area contributed by atoms with Gasteiger partial charge in [-0.15, -0.1) is 0 Å². The number of hydrogen-bond acceptors (Lipinski definition) is 4. The first-order valence-corrected chi connectivity index (χ1v) is 12.6. The predicted octanol–water partition coefficient (Wildman–Crippen LogP) is 4.84. The fourth-order valence-electron chi connectivity index (χ4n) is 5.36. The molecular weight excluding hydrogens is 444 g/mol. The molecule has 3 atom stereocenters. The van der Waals surface area contributed by atoms with Crippen molar-refractivity contribution in [2.75, 3.05) is 6.61 Å². The number of benzene rings is 2. The first-order valence-electron chi connectivity index (χ1n) is 12.6. The molecule has 2 unspecified atom stereocenters. The minimum absolute atomic E-state index is 0.00421. The summed E-state index contributed by atoms with van der Waals surface area (Å²) in [7, 11) is 0. The summed E-state index contributed by atoms with van der Waals surface area (Å²) in [5.74, 6) is -1.26. The molecule has 0 heterocycles. The van der Waals surface area contributed by atoms with Crippen LogP contribution in [0, 0.1) is 5.92 Å². The van der Waals surface area contributed by atoms with E-state index in [4.69, 9.17) is 9.84 Å². The third kappa shape index (κ3) is 6.02. The van der Waals surface area contributed by atoms with Gasteiger partial charge in [0.2, 0.25) is 5.91 Å². The fourth-order valence-corrected chi connectivity index (χ4v) is 5.36. The van der Waals surface area contributed by atoms with Crippen molar-refractivity contribution in [3.05, 3.63) is 59.7 Å². The number of hydrogen-bond donors (Lipinski definition) is 3. The van der Waals surface area contributed by atoms with Gasteiger partial charge >= 0.3 is 12.1 Å². The van der Waals surface area contributed by atoms with E-state index in [1.54, 1.807) is 0 Å². The van der Waals surface area contributed by atoms with Gasteiger partial charge in [0.1, 0.15) is 6.61 Å². The maximum absolute atomic E-state index is 12.7. The molecule has 2 aliphatic carbocycles. The third-order valence-corrected chi connectivity index (χ3v) is 7.14. The van der Waals surface area contributed by atoms with Crippen LogP contribution < -0.4 is 10.6 Å². The van der Waals surface area contributed by atoms with E-state index >= 15 is 0 Å². The van der Waals surface area contributed by atoms with Crippen molar-refractivity contribution in [1.82, 2.24) is 10.6 Å². The number of rotatable bonds is 10. The van der Waals surface area contributed by atoms with Crippen molar-refractivity contribution in [2.24, 2.45) is 5.92 Å². The molecule has 0 radical (unpaired) electrons. The van der Waals surface area contributed by atoms with Crippen molar-refractivity contribution in [1.29, 1.82) is 0 Å². The van der Waals surface area contributed by atoms with Crippen LogP contribution >= 0.6 is 0 Å². The average molecular weight is 479 g/mol. The number of carbonyl (C=O) groups excluding carboxylic acids is 2. The number of aliphatic carboxylic acids is 1. The van der Waals surface area contributed by atoms with Crippen LogP contribution in [-0.4, -0.2) is 41.8 Å². The third-order valence-electron chi connectivity index (χ3n) is 7.14. The Morgan fingerprint density at radius 2 is 1.69 bits per heavy atom. The molecule has 2 aromatic rings. The number of carboxylic acids is 1. The van der Waals surface area contributed by atoms with Gasteiger partial charge in [0.15, 0.2) is 0 Å². The van der Waals surface area contributed by atoms with Crippen LogP contribution in [0.25, 0.3) is 11.1 Å². The largest absolute Gasteiger partial charge is 0.481 e. The average Bonchev–Trinajstić information content (AvgIpc) is 3.43. The Hall–Kier alpha value is -3.35. The van der Waals surface area contributed by atoms with Crippen LogP contribution in [0.4, 0.5) is 4.79 Å². The van der Waals surface area contributed by atoms with Crippen LogP contribution in [-0.2, 0) is 14.3 Å². The monoisotopic (exact) mass is 478 g/mol. The number of carbonyl (C=O) groups is 3. The van der Waals surface area contributed by atoms with Gasteiger partial charge in [0.05, 0.1) is 6.42 Å². The molecule has 0 spiro atoms. The number of nitrogens with one attached hydrogen (secondary N) is 2. The summed E-state index contributed by atoms with van der Waals surface area (Å²) in [4.78, 5) is 36.4. The van der Waals surface area contributed by atoms with E-state index in [1.165, 1.54) is 11.1 Å². The summed E-state index contributed by atoms with van der Waals surface area (Å²) in [6.45, 7) is 2.29. The number of carboxylic acid groups (broad SMARTS) is 1. The van der Waals surface area contributed by atoms with E-state index in [1.807, 2.05) is 31.2 Å². The van der Waals surface area contributed by atoms with E-state index in [2.05, 4.69) is 34.9 Å². The second-order valence-electron chi connectivity index (χ2n) is 9.62. The minimum Gasteiger partial charge on any atom is -0.481 e. The van der Waals surface area contributed by atoms with Gasteiger partial charge in [0, 0.05) is 23.9 Å². The van der Waals surface area contributed by atoms with Gasteiger partial charge in [-0.25, -0.2) is 4.79 Å². The zero-order chi connectivity index (χ0) is 24.8. The summed E-state index contributed by atoms with van der Waals surface area (Å²) in [5.41, 5.74) is 4.69. The summed E-state index contributed by atoms with van der Waals surface area (Å²) >= 11 is 0. The Morgan fingerprint density at radius 3 is 2.31 bits per heavy atom. The van der Waals surface area contributed by atoms with Crippen LogP contribution in [0.3, 0.4) is 0 Å². The first-order chi connectivity index (χ1) is 17.0. The molecule has 7 nitrogen and oxygen atoms in total. The molecule has 0 aliphatic heterocycles. The van der Waals surface area contributed by atoms with Gasteiger partial charge in [-0.3, -0.25) is 9.59 Å². The predicted molar refractivity (Wildman–Crippen MR) is 133 cm³/mol. The standard InChI is InChI=1S/C28H34N2O5/c1-2-3-8-19(16-26(31)32)29-27(33)18-13-14-20(15-18)30-28(34)35-17-25-23-11-6-4-9-21(23)22-10-5-7-12-24(22)25/h4-7,9-12,18-20,25H,2-3,8,13-17H2,1H3,(H,29,33)(H,30,34)(H,31,32)/t18?,19-,20?/m0/s1. The van der Waals surface area contributed by atoms with Crippen LogP contribution in [0.1, 0.15) is 68.9 Å². The molecule has 1 fully saturated rings. The number of unbranched alkanes of at least 4 members (excludes halogenated alkanes) is 1. The van der Waals surface area contributed by atoms with Crippen LogP contribution in [0.5, 0.6) is 0 Å². The molecule has 2 amide bonds. The summed E-state index contributed by atoms with van der Waals surface area (Å²) in [6, 6.07) is 15.9. The highest BCUT2D eigenvalue weighted by Gasteiger charge is 2.33. The highest BCUT2D eigenvalue weighted by atomic mass is 16.5. The molecule has 2 aliphatic rings. The Balaban J connectivity index is 1.27. The fraction of sp³-hybridized carbons (Fsp3) is 0.464. The molecule has 2 aromatic carbocycles. The maximum Gasteiger partial charge on any atom is 0.407 e. The van der Waals surface area contributed by atoms with Gasteiger partial charge in [-0.05, 0) is 47.9 Å². The second kappa shape index (κ2) is 11.4. The van der Waals surface area contributed by atoms with Crippen molar-refractivity contribution in [3.63, 3.8) is 0 Å². The lowest BCUT2D eigenvalue weighted by atomic mass is 9.98. The Labute approximate surface area is 206 Å². The Morgan fingerprint density at radius 1 is 1.03 bits per heavy atom. The van der Waals surface area contributed by atoms with Gasteiger partial charge in [0.25, 0.3) is 0 Å². The molecule has 7 heteroatoms. The van der Waals surface area contributed by atoms with Crippen molar-refractivity contribution in [3.8, 4) is 11.1 Å². The highest BCUT2D eigenvalue weighted by molar-refractivity contribution is 5.81. The molecule has 0 aromatic heterocycles. The van der Waals surface area contributed by atoms with Crippen LogP contribution in [0.2, 0.25) is 0 Å². The second-order valence-corrected chi connectivity index (χ2v) is 9.62. The zero-order valence-corrected chi connectivity index (χ0v) is 20.2. The molecule has 35 heavy (non-hydrogen) atoms. The molecule has 4 rings (SSSR count). The topological polar surface area (TPSA) is 105 Å². The van der Waals surface area contributed by atoms with Gasteiger partial charge in [-0.1, -0.05) is 68.3 Å². The molecular formula is C28H34N2O5. The molecule has 0 saturated heterocycles. The van der Waals surface area contributed by atoms with E-state index in [-0.39, 0.29) is 42.9 Å². The maximum atomic E-state index is 12.7.